The SMILES string of the molecule is CC1(C)c2ccc(N3CCN(Cc4cnc(N5CCC(c6cc(F)c(C7CCC(=O)NC7=O)c(F)c6)CC5)cn4)CC3)cc2-n2c1nc(=O)c1c(Br)cccc12. The lowest BCUT2D eigenvalue weighted by molar-refractivity contribution is -0.134. The molecule has 0 spiro atoms. The van der Waals surface area contributed by atoms with Crippen LogP contribution in [-0.2, 0) is 21.5 Å². The zero-order valence-corrected chi connectivity index (χ0v) is 32.8. The highest BCUT2D eigenvalue weighted by Crippen LogP contribution is 2.44. The van der Waals surface area contributed by atoms with Crippen LogP contribution in [0.15, 0.2) is 70.2 Å². The molecule has 5 aromatic rings. The van der Waals surface area contributed by atoms with Crippen molar-refractivity contribution in [2.45, 2.75) is 63.3 Å². The summed E-state index contributed by atoms with van der Waals surface area (Å²) >= 11 is 3.57. The molecule has 3 fully saturated rings. The van der Waals surface area contributed by atoms with Crippen LogP contribution in [0.1, 0.15) is 79.6 Å². The molecule has 11 nitrogen and oxygen atoms in total. The largest absolute Gasteiger partial charge is 0.369 e. The lowest BCUT2D eigenvalue weighted by Gasteiger charge is -2.36. The molecule has 3 aromatic carbocycles. The van der Waals surface area contributed by atoms with Crippen molar-refractivity contribution in [3.05, 3.63) is 116 Å². The number of amides is 2. The molecule has 288 valence electrons. The first-order valence-electron chi connectivity index (χ1n) is 19.2. The fourth-order valence-electron chi connectivity index (χ4n) is 9.01. The van der Waals surface area contributed by atoms with Gasteiger partial charge in [-0.05, 0) is 102 Å². The van der Waals surface area contributed by atoms with Gasteiger partial charge in [0.25, 0.3) is 5.56 Å². The summed E-state index contributed by atoms with van der Waals surface area (Å²) in [6, 6.07) is 15.1. The van der Waals surface area contributed by atoms with E-state index in [0.717, 1.165) is 70.4 Å². The third-order valence-electron chi connectivity index (χ3n) is 12.1. The summed E-state index contributed by atoms with van der Waals surface area (Å²) in [7, 11) is 0. The Morgan fingerprint density at radius 3 is 2.32 bits per heavy atom. The fourth-order valence-corrected chi connectivity index (χ4v) is 9.54. The number of fused-ring (bicyclic) bond motifs is 5. The number of anilines is 2. The van der Waals surface area contributed by atoms with Crippen LogP contribution < -0.4 is 20.7 Å². The van der Waals surface area contributed by atoms with E-state index in [2.05, 4.69) is 77.5 Å². The highest BCUT2D eigenvalue weighted by Gasteiger charge is 2.39. The number of hydrogen-bond donors (Lipinski definition) is 1. The third-order valence-corrected chi connectivity index (χ3v) is 12.8. The van der Waals surface area contributed by atoms with Crippen LogP contribution in [-0.4, -0.2) is 75.5 Å². The van der Waals surface area contributed by atoms with Crippen molar-refractivity contribution in [3.63, 3.8) is 0 Å². The van der Waals surface area contributed by atoms with Crippen LogP contribution in [0.3, 0.4) is 0 Å². The van der Waals surface area contributed by atoms with E-state index < -0.39 is 34.8 Å². The molecule has 0 bridgehead atoms. The van der Waals surface area contributed by atoms with E-state index in [4.69, 9.17) is 9.97 Å². The Kier molecular flexibility index (Phi) is 9.23. The van der Waals surface area contributed by atoms with Gasteiger partial charge in [0.2, 0.25) is 11.8 Å². The van der Waals surface area contributed by atoms with Crippen molar-refractivity contribution < 1.29 is 18.4 Å². The van der Waals surface area contributed by atoms with E-state index >= 15 is 8.78 Å². The van der Waals surface area contributed by atoms with E-state index in [1.54, 1.807) is 0 Å². The van der Waals surface area contributed by atoms with Crippen molar-refractivity contribution in [2.75, 3.05) is 49.1 Å². The molecule has 2 amide bonds. The third kappa shape index (κ3) is 6.36. The van der Waals surface area contributed by atoms with Crippen LogP contribution in [0.25, 0.3) is 16.6 Å². The maximum Gasteiger partial charge on any atom is 0.281 e. The molecule has 3 saturated heterocycles. The number of nitrogens with zero attached hydrogens (tertiary/aromatic N) is 7. The number of carbonyl (C=O) groups excluding carboxylic acids is 2. The first kappa shape index (κ1) is 36.6. The van der Waals surface area contributed by atoms with Crippen molar-refractivity contribution >= 4 is 50.2 Å². The molecule has 14 heteroatoms. The Balaban J connectivity index is 0.810. The Morgan fingerprint density at radius 1 is 0.875 bits per heavy atom. The zero-order valence-electron chi connectivity index (χ0n) is 31.2. The van der Waals surface area contributed by atoms with E-state index in [9.17, 15) is 14.4 Å². The van der Waals surface area contributed by atoms with E-state index in [-0.39, 0.29) is 29.9 Å². The van der Waals surface area contributed by atoms with Gasteiger partial charge >= 0.3 is 0 Å². The summed E-state index contributed by atoms with van der Waals surface area (Å²) in [5.74, 6) is -2.04. The Labute approximate surface area is 330 Å². The number of benzene rings is 3. The molecule has 0 saturated carbocycles. The summed E-state index contributed by atoms with van der Waals surface area (Å²) in [5.41, 5.74) is 4.79. The van der Waals surface area contributed by atoms with Gasteiger partial charge in [0.15, 0.2) is 0 Å². The van der Waals surface area contributed by atoms with Crippen molar-refractivity contribution in [2.24, 2.45) is 0 Å². The Hall–Kier alpha value is -5.08. The van der Waals surface area contributed by atoms with Crippen molar-refractivity contribution in [1.29, 1.82) is 0 Å². The number of piperazine rings is 1. The minimum absolute atomic E-state index is 0.0264. The Morgan fingerprint density at radius 2 is 1.62 bits per heavy atom. The fraction of sp³-hybridized carbons (Fsp3) is 0.381. The predicted octanol–water partition coefficient (Wildman–Crippen LogP) is 6.08. The van der Waals surface area contributed by atoms with Crippen LogP contribution in [0.4, 0.5) is 20.3 Å². The number of halogens is 3. The highest BCUT2D eigenvalue weighted by molar-refractivity contribution is 9.10. The molecule has 1 unspecified atom stereocenters. The summed E-state index contributed by atoms with van der Waals surface area (Å²) in [4.78, 5) is 57.9. The quantitative estimate of drug-likeness (QED) is 0.204. The molecule has 4 aliphatic heterocycles. The lowest BCUT2D eigenvalue weighted by Crippen LogP contribution is -2.46. The monoisotopic (exact) mass is 822 g/mol. The van der Waals surface area contributed by atoms with Crippen LogP contribution in [0.5, 0.6) is 0 Å². The maximum absolute atomic E-state index is 15.2. The molecule has 0 radical (unpaired) electrons. The topological polar surface area (TPSA) is 117 Å². The first-order chi connectivity index (χ1) is 27.0. The molecule has 4 aliphatic rings. The number of imide groups is 1. The smallest absolute Gasteiger partial charge is 0.281 e. The Bertz CT molecular complexity index is 2430. The molecule has 1 N–H and O–H groups in total. The summed E-state index contributed by atoms with van der Waals surface area (Å²) in [6.45, 7) is 9.75. The summed E-state index contributed by atoms with van der Waals surface area (Å²) in [5, 5.41) is 2.77. The number of carbonyl (C=O) groups is 2. The minimum Gasteiger partial charge on any atom is -0.369 e. The molecular formula is C42H41BrF2N8O3. The van der Waals surface area contributed by atoms with Crippen molar-refractivity contribution in [3.8, 4) is 5.69 Å². The molecule has 9 rings (SSSR count). The van der Waals surface area contributed by atoms with Gasteiger partial charge in [-0.15, -0.1) is 0 Å². The van der Waals surface area contributed by atoms with Gasteiger partial charge < -0.3 is 9.80 Å². The second-order valence-electron chi connectivity index (χ2n) is 15.8. The normalized spacial score (nSPS) is 20.0. The number of piperidine rings is 2. The molecule has 56 heavy (non-hydrogen) atoms. The zero-order chi connectivity index (χ0) is 38.9. The van der Waals surface area contributed by atoms with Gasteiger partial charge in [-0.1, -0.05) is 12.1 Å². The van der Waals surface area contributed by atoms with Crippen LogP contribution in [0.2, 0.25) is 0 Å². The van der Waals surface area contributed by atoms with Gasteiger partial charge in [-0.2, -0.15) is 4.98 Å². The van der Waals surface area contributed by atoms with Gasteiger partial charge in [-0.25, -0.2) is 13.8 Å². The molecule has 6 heterocycles. The average Bonchev–Trinajstić information content (AvgIpc) is 3.41. The number of aromatic nitrogens is 4. The molecule has 1 atom stereocenters. The van der Waals surface area contributed by atoms with E-state index in [0.29, 0.717) is 43.4 Å². The van der Waals surface area contributed by atoms with E-state index in [1.807, 2.05) is 30.6 Å². The maximum atomic E-state index is 15.2. The second kappa shape index (κ2) is 14.1. The number of rotatable bonds is 6. The van der Waals surface area contributed by atoms with Gasteiger partial charge in [0.1, 0.15) is 23.3 Å². The van der Waals surface area contributed by atoms with Gasteiger partial charge in [-0.3, -0.25) is 34.2 Å². The first-order valence-corrected chi connectivity index (χ1v) is 20.0. The standard InChI is InChI=1S/C42H41BrF2N8O3/c1-42(2)29-8-6-27(20-34(29)53-33-5-3-4-30(43)38(33)40(56)49-41(42)53)51-16-14-50(15-17-51)23-26-21-47-35(22-46-26)52-12-10-24(11-13-52)25-18-31(44)37(32(45)19-25)28-7-9-36(54)48-39(28)55/h3-6,8,18-22,24,28H,7,9-17,23H2,1-2H3,(H,48,54,55). The number of nitrogens with one attached hydrogen (secondary N) is 1. The molecular weight excluding hydrogens is 782 g/mol. The predicted molar refractivity (Wildman–Crippen MR) is 212 cm³/mol. The summed E-state index contributed by atoms with van der Waals surface area (Å²) in [6.07, 6.45) is 5.21. The lowest BCUT2D eigenvalue weighted by atomic mass is 9.85. The van der Waals surface area contributed by atoms with Crippen LogP contribution in [0, 0.1) is 11.6 Å². The average molecular weight is 824 g/mol. The van der Waals surface area contributed by atoms with Gasteiger partial charge in [0, 0.05) is 68.0 Å². The molecule has 2 aromatic heterocycles. The van der Waals surface area contributed by atoms with Gasteiger partial charge in [0.05, 0.1) is 46.0 Å². The van der Waals surface area contributed by atoms with Crippen molar-refractivity contribution in [1.82, 2.24) is 29.7 Å². The van der Waals surface area contributed by atoms with Crippen LogP contribution >= 0.6 is 15.9 Å². The minimum atomic E-state index is -1.00. The number of hydrogen-bond acceptors (Lipinski definition) is 9. The molecule has 0 aliphatic carbocycles. The summed E-state index contributed by atoms with van der Waals surface area (Å²) < 4.78 is 33.3. The second-order valence-corrected chi connectivity index (χ2v) is 16.7. The highest BCUT2D eigenvalue weighted by atomic mass is 79.9. The van der Waals surface area contributed by atoms with E-state index in [1.165, 1.54) is 12.1 Å².